The summed E-state index contributed by atoms with van der Waals surface area (Å²) in [6.45, 7) is 7.11. The summed E-state index contributed by atoms with van der Waals surface area (Å²) in [4.78, 5) is 19.1. The van der Waals surface area contributed by atoms with Gasteiger partial charge in [-0.15, -0.1) is 0 Å². The summed E-state index contributed by atoms with van der Waals surface area (Å²) < 4.78 is 50.0. The van der Waals surface area contributed by atoms with Crippen LogP contribution in [0, 0.1) is 0 Å². The van der Waals surface area contributed by atoms with Gasteiger partial charge in [0.05, 0.1) is 16.8 Å². The second-order valence-electron chi connectivity index (χ2n) is 10.9. The van der Waals surface area contributed by atoms with E-state index in [0.717, 1.165) is 55.4 Å². The summed E-state index contributed by atoms with van der Waals surface area (Å²) in [6, 6.07) is 12.9. The van der Waals surface area contributed by atoms with Crippen molar-refractivity contribution < 1.29 is 22.7 Å². The number of carbonyl (C=O) groups excluding carboxylic acids is 1. The molecule has 2 aromatic carbocycles. The summed E-state index contributed by atoms with van der Waals surface area (Å²) in [5.74, 6) is 1.17. The van der Waals surface area contributed by atoms with Crippen LogP contribution in [0.4, 0.5) is 23.7 Å². The van der Waals surface area contributed by atoms with Crippen molar-refractivity contribution >= 4 is 28.8 Å². The van der Waals surface area contributed by atoms with E-state index < -0.39 is 17.8 Å². The van der Waals surface area contributed by atoms with Gasteiger partial charge in [-0.1, -0.05) is 30.7 Å². The molecule has 2 amide bonds. The first-order chi connectivity index (χ1) is 20.7. The third kappa shape index (κ3) is 6.58. The number of fused-ring (bicyclic) bond motifs is 2. The Morgan fingerprint density at radius 1 is 1.00 bits per heavy atom. The molecule has 12 heteroatoms. The first-order valence-corrected chi connectivity index (χ1v) is 14.7. The highest BCUT2D eigenvalue weighted by molar-refractivity contribution is 6.31. The summed E-state index contributed by atoms with van der Waals surface area (Å²) in [5, 5.41) is 7.46. The van der Waals surface area contributed by atoms with Crippen LogP contribution in [0.2, 0.25) is 5.02 Å². The molecule has 0 atom stereocenters. The van der Waals surface area contributed by atoms with Crippen molar-refractivity contribution in [2.45, 2.75) is 32.6 Å². The number of halogens is 4. The number of rotatable bonds is 6. The quantitative estimate of drug-likeness (QED) is 0.268. The number of anilines is 1. The van der Waals surface area contributed by atoms with E-state index in [2.05, 4.69) is 22.2 Å². The minimum Gasteiger partial charge on any atom is -0.455 e. The maximum atomic E-state index is 14.1. The van der Waals surface area contributed by atoms with Gasteiger partial charge in [0, 0.05) is 63.8 Å². The number of aromatic nitrogens is 2. The van der Waals surface area contributed by atoms with E-state index in [1.807, 2.05) is 23.1 Å². The number of benzene rings is 2. The van der Waals surface area contributed by atoms with E-state index in [1.54, 1.807) is 40.0 Å². The minimum atomic E-state index is -4.53. The lowest BCUT2D eigenvalue weighted by Gasteiger charge is -2.34. The van der Waals surface area contributed by atoms with Gasteiger partial charge < -0.3 is 19.9 Å². The predicted molar refractivity (Wildman–Crippen MR) is 159 cm³/mol. The number of ether oxygens (including phenoxy) is 1. The third-order valence-electron chi connectivity index (χ3n) is 8.11. The number of likely N-dealkylation sites (N-methyl/N-ethyl adjacent to an activating group) is 1. The highest BCUT2D eigenvalue weighted by Gasteiger charge is 2.34. The summed E-state index contributed by atoms with van der Waals surface area (Å²) in [7, 11) is 0. The Hall–Kier alpha value is -3.80. The molecule has 2 aromatic heterocycles. The number of urea groups is 1. The molecular formula is C31H32ClF3N6O2. The van der Waals surface area contributed by atoms with E-state index in [0.29, 0.717) is 36.0 Å². The van der Waals surface area contributed by atoms with E-state index in [4.69, 9.17) is 16.3 Å². The molecule has 4 aromatic rings. The average molecular weight is 613 g/mol. The van der Waals surface area contributed by atoms with Crippen LogP contribution in [-0.2, 0) is 25.7 Å². The highest BCUT2D eigenvalue weighted by atomic mass is 35.5. The van der Waals surface area contributed by atoms with Crippen LogP contribution in [0.25, 0.3) is 5.52 Å². The van der Waals surface area contributed by atoms with Crippen molar-refractivity contribution in [3.8, 4) is 11.5 Å². The van der Waals surface area contributed by atoms with Crippen LogP contribution < -0.4 is 10.1 Å². The number of nitrogens with zero attached hydrogens (tertiary/aromatic N) is 5. The molecule has 1 N–H and O–H groups in total. The first kappa shape index (κ1) is 29.3. The van der Waals surface area contributed by atoms with Crippen molar-refractivity contribution in [1.29, 1.82) is 0 Å². The number of piperazine rings is 1. The number of carbonyl (C=O) groups is 1. The second kappa shape index (κ2) is 12.1. The van der Waals surface area contributed by atoms with Gasteiger partial charge in [-0.2, -0.15) is 18.3 Å². The Labute approximate surface area is 252 Å². The number of nitrogens with one attached hydrogen (secondary N) is 1. The predicted octanol–water partition coefficient (Wildman–Crippen LogP) is 6.53. The number of hydrogen-bond acceptors (Lipinski definition) is 5. The topological polar surface area (TPSA) is 65.3 Å². The van der Waals surface area contributed by atoms with Gasteiger partial charge in [0.25, 0.3) is 0 Å². The van der Waals surface area contributed by atoms with Crippen LogP contribution >= 0.6 is 11.6 Å². The molecule has 6 rings (SSSR count). The van der Waals surface area contributed by atoms with Crippen LogP contribution in [0.15, 0.2) is 60.9 Å². The largest absolute Gasteiger partial charge is 0.455 e. The standard InChI is InChI=1S/C31H32ClF3N6O2/c1-2-38-11-13-39(14-12-38)18-22-3-5-25(17-27(22)31(33,34)35)37-30(42)40-10-8-21-4-6-26(15-23(21)19-40)43-29-7-9-36-41-20-24(32)16-28(29)41/h3-7,9,15-17,20H,2,8,10-14,18-19H2,1H3,(H,37,42). The van der Waals surface area contributed by atoms with Crippen molar-refractivity contribution in [2.24, 2.45) is 0 Å². The molecule has 2 aliphatic heterocycles. The molecule has 0 aliphatic carbocycles. The zero-order valence-electron chi connectivity index (χ0n) is 23.7. The van der Waals surface area contributed by atoms with Crippen molar-refractivity contribution in [2.75, 3.05) is 44.6 Å². The summed E-state index contributed by atoms with van der Waals surface area (Å²) in [5.41, 5.74) is 2.33. The smallest absolute Gasteiger partial charge is 0.416 e. The zero-order valence-corrected chi connectivity index (χ0v) is 24.5. The maximum Gasteiger partial charge on any atom is 0.416 e. The van der Waals surface area contributed by atoms with Gasteiger partial charge in [-0.05, 0) is 60.0 Å². The van der Waals surface area contributed by atoms with Crippen molar-refractivity contribution in [3.05, 3.63) is 88.2 Å². The lowest BCUT2D eigenvalue weighted by atomic mass is 9.99. The van der Waals surface area contributed by atoms with E-state index in [1.165, 1.54) is 6.07 Å². The molecule has 226 valence electrons. The van der Waals surface area contributed by atoms with Gasteiger partial charge in [0.1, 0.15) is 11.3 Å². The fourth-order valence-corrected chi connectivity index (χ4v) is 5.90. The van der Waals surface area contributed by atoms with E-state index in [-0.39, 0.29) is 17.8 Å². The molecular weight excluding hydrogens is 581 g/mol. The van der Waals surface area contributed by atoms with Crippen LogP contribution in [0.5, 0.6) is 11.5 Å². The van der Waals surface area contributed by atoms with Gasteiger partial charge in [0.15, 0.2) is 5.75 Å². The Balaban J connectivity index is 1.14. The number of amides is 2. The van der Waals surface area contributed by atoms with Gasteiger partial charge in [-0.25, -0.2) is 9.31 Å². The monoisotopic (exact) mass is 612 g/mol. The molecule has 0 saturated carbocycles. The summed E-state index contributed by atoms with van der Waals surface area (Å²) in [6.07, 6.45) is -0.608. The Kier molecular flexibility index (Phi) is 8.21. The molecule has 2 aliphatic rings. The van der Waals surface area contributed by atoms with Gasteiger partial charge in [-0.3, -0.25) is 4.90 Å². The van der Waals surface area contributed by atoms with Crippen LogP contribution in [0.3, 0.4) is 0 Å². The SMILES string of the molecule is CCN1CCN(Cc2ccc(NC(=O)N3CCc4ccc(Oc5ccnn6cc(Cl)cc56)cc4C3)cc2C(F)(F)F)CC1. The molecule has 0 unspecified atom stereocenters. The Morgan fingerprint density at radius 2 is 1.79 bits per heavy atom. The van der Waals surface area contributed by atoms with E-state index in [9.17, 15) is 18.0 Å². The average Bonchev–Trinajstić information content (AvgIpc) is 3.38. The first-order valence-electron chi connectivity index (χ1n) is 14.3. The third-order valence-corrected chi connectivity index (χ3v) is 8.32. The maximum absolute atomic E-state index is 14.1. The summed E-state index contributed by atoms with van der Waals surface area (Å²) >= 11 is 6.12. The normalized spacial score (nSPS) is 16.3. The van der Waals surface area contributed by atoms with E-state index >= 15 is 0 Å². The highest BCUT2D eigenvalue weighted by Crippen LogP contribution is 2.35. The molecule has 4 heterocycles. The molecule has 1 saturated heterocycles. The van der Waals surface area contributed by atoms with Gasteiger partial charge >= 0.3 is 12.2 Å². The Morgan fingerprint density at radius 3 is 2.56 bits per heavy atom. The van der Waals surface area contributed by atoms with Crippen LogP contribution in [-0.4, -0.2) is 69.6 Å². The van der Waals surface area contributed by atoms with Crippen molar-refractivity contribution in [1.82, 2.24) is 24.3 Å². The molecule has 0 bridgehead atoms. The second-order valence-corrected chi connectivity index (χ2v) is 11.3. The molecule has 0 spiro atoms. The number of hydrogen-bond donors (Lipinski definition) is 1. The van der Waals surface area contributed by atoms with Crippen LogP contribution in [0.1, 0.15) is 29.2 Å². The molecule has 0 radical (unpaired) electrons. The molecule has 8 nitrogen and oxygen atoms in total. The zero-order chi connectivity index (χ0) is 30.1. The number of alkyl halides is 3. The minimum absolute atomic E-state index is 0.118. The fraction of sp³-hybridized carbons (Fsp3) is 0.355. The molecule has 43 heavy (non-hydrogen) atoms. The van der Waals surface area contributed by atoms with Crippen molar-refractivity contribution in [3.63, 3.8) is 0 Å². The fourth-order valence-electron chi connectivity index (χ4n) is 5.70. The Bertz CT molecular complexity index is 1630. The lowest BCUT2D eigenvalue weighted by molar-refractivity contribution is -0.138. The van der Waals surface area contributed by atoms with Gasteiger partial charge in [0.2, 0.25) is 0 Å². The molecule has 1 fully saturated rings. The lowest BCUT2D eigenvalue weighted by Crippen LogP contribution is -2.45.